The minimum atomic E-state index is -0.0377. The van der Waals surface area contributed by atoms with E-state index in [4.69, 9.17) is 8.83 Å². The van der Waals surface area contributed by atoms with Crippen LogP contribution >= 0.6 is 0 Å². The first-order valence-corrected chi connectivity index (χ1v) is 10.1. The Balaban J connectivity index is 1.47. The number of hydrogen-bond donors (Lipinski definition) is 0. The van der Waals surface area contributed by atoms with E-state index in [0.29, 0.717) is 50.3 Å². The highest BCUT2D eigenvalue weighted by atomic mass is 16.3. The molecule has 31 heavy (non-hydrogen) atoms. The maximum Gasteiger partial charge on any atom is 0.200 e. The van der Waals surface area contributed by atoms with Crippen molar-refractivity contribution in [1.82, 2.24) is 0 Å². The highest BCUT2D eigenvalue weighted by Gasteiger charge is 2.11. The summed E-state index contributed by atoms with van der Waals surface area (Å²) >= 11 is 0. The van der Waals surface area contributed by atoms with Gasteiger partial charge in [-0.05, 0) is 66.1 Å². The fourth-order valence-corrected chi connectivity index (χ4v) is 4.16. The predicted octanol–water partition coefficient (Wildman–Crippen LogP) is 5.80. The molecule has 4 aromatic carbocycles. The van der Waals surface area contributed by atoms with Crippen LogP contribution in [0.15, 0.2) is 103 Å². The zero-order valence-electron chi connectivity index (χ0n) is 16.4. The van der Waals surface area contributed by atoms with Gasteiger partial charge >= 0.3 is 0 Å². The molecule has 0 aliphatic rings. The van der Waals surface area contributed by atoms with Crippen LogP contribution in [0.2, 0.25) is 0 Å². The molecule has 4 nitrogen and oxygen atoms in total. The molecule has 6 aromatic rings. The highest BCUT2D eigenvalue weighted by Crippen LogP contribution is 2.23. The SMILES string of the molecule is O=c1c2ccccc2oc2ccc(Cc3ccc4oc5ccccc5c(=O)c4c3)cc12. The van der Waals surface area contributed by atoms with Crippen LogP contribution < -0.4 is 10.9 Å². The molecule has 0 aliphatic carbocycles. The minimum absolute atomic E-state index is 0.0377. The Morgan fingerprint density at radius 3 is 1.39 bits per heavy atom. The van der Waals surface area contributed by atoms with Gasteiger partial charge < -0.3 is 8.83 Å². The third-order valence-electron chi connectivity index (χ3n) is 5.69. The molecule has 0 bridgehead atoms. The van der Waals surface area contributed by atoms with Gasteiger partial charge in [-0.3, -0.25) is 9.59 Å². The van der Waals surface area contributed by atoms with Crippen molar-refractivity contribution in [1.29, 1.82) is 0 Å². The first-order valence-electron chi connectivity index (χ1n) is 10.1. The lowest BCUT2D eigenvalue weighted by Gasteiger charge is -2.07. The predicted molar refractivity (Wildman–Crippen MR) is 123 cm³/mol. The molecule has 0 saturated heterocycles. The molecule has 4 heteroatoms. The average molecular weight is 404 g/mol. The minimum Gasteiger partial charge on any atom is -0.456 e. The molecular formula is C27H16O4. The maximum absolute atomic E-state index is 12.9. The summed E-state index contributed by atoms with van der Waals surface area (Å²) in [6.07, 6.45) is 0.588. The van der Waals surface area contributed by atoms with E-state index in [2.05, 4.69) is 0 Å². The van der Waals surface area contributed by atoms with Gasteiger partial charge in [0.25, 0.3) is 0 Å². The Morgan fingerprint density at radius 2 is 0.903 bits per heavy atom. The lowest BCUT2D eigenvalue weighted by molar-refractivity contribution is 0.659. The molecule has 0 saturated carbocycles. The molecule has 0 unspecified atom stereocenters. The molecule has 0 radical (unpaired) electrons. The maximum atomic E-state index is 12.9. The van der Waals surface area contributed by atoms with Crippen LogP contribution in [0.1, 0.15) is 11.1 Å². The molecule has 148 valence electrons. The van der Waals surface area contributed by atoms with Gasteiger partial charge in [0.05, 0.1) is 21.5 Å². The van der Waals surface area contributed by atoms with Crippen molar-refractivity contribution in [2.45, 2.75) is 6.42 Å². The second kappa shape index (κ2) is 6.67. The zero-order chi connectivity index (χ0) is 20.9. The van der Waals surface area contributed by atoms with Crippen LogP contribution in [-0.4, -0.2) is 0 Å². The van der Waals surface area contributed by atoms with Crippen molar-refractivity contribution >= 4 is 43.9 Å². The molecule has 0 atom stereocenters. The molecule has 2 heterocycles. The summed E-state index contributed by atoms with van der Waals surface area (Å²) in [5.41, 5.74) is 4.17. The van der Waals surface area contributed by atoms with Crippen LogP contribution in [-0.2, 0) is 6.42 Å². The van der Waals surface area contributed by atoms with Crippen LogP contribution in [0.4, 0.5) is 0 Å². The average Bonchev–Trinajstić information content (AvgIpc) is 2.80. The summed E-state index contributed by atoms with van der Waals surface area (Å²) in [7, 11) is 0. The number of para-hydroxylation sites is 2. The van der Waals surface area contributed by atoms with E-state index in [1.54, 1.807) is 24.3 Å². The van der Waals surface area contributed by atoms with Gasteiger partial charge in [-0.15, -0.1) is 0 Å². The van der Waals surface area contributed by atoms with Crippen molar-refractivity contribution in [3.8, 4) is 0 Å². The summed E-state index contributed by atoms with van der Waals surface area (Å²) < 4.78 is 11.8. The van der Waals surface area contributed by atoms with E-state index >= 15 is 0 Å². The third-order valence-corrected chi connectivity index (χ3v) is 5.69. The Morgan fingerprint density at radius 1 is 0.484 bits per heavy atom. The van der Waals surface area contributed by atoms with E-state index in [-0.39, 0.29) is 10.9 Å². The summed E-state index contributed by atoms with van der Waals surface area (Å²) in [4.78, 5) is 25.8. The number of rotatable bonds is 2. The first-order chi connectivity index (χ1) is 15.2. The van der Waals surface area contributed by atoms with Gasteiger partial charge in [-0.2, -0.15) is 0 Å². The normalized spacial score (nSPS) is 11.6. The van der Waals surface area contributed by atoms with Crippen molar-refractivity contribution in [3.05, 3.63) is 117 Å². The lowest BCUT2D eigenvalue weighted by atomic mass is 10.0. The Bertz CT molecular complexity index is 1620. The Hall–Kier alpha value is -4.18. The molecule has 0 spiro atoms. The van der Waals surface area contributed by atoms with Crippen LogP contribution in [0.25, 0.3) is 43.9 Å². The zero-order valence-corrected chi connectivity index (χ0v) is 16.4. The smallest absolute Gasteiger partial charge is 0.200 e. The van der Waals surface area contributed by atoms with Gasteiger partial charge in [0, 0.05) is 0 Å². The number of hydrogen-bond acceptors (Lipinski definition) is 4. The molecule has 0 aliphatic heterocycles. The van der Waals surface area contributed by atoms with E-state index < -0.39 is 0 Å². The molecule has 0 N–H and O–H groups in total. The summed E-state index contributed by atoms with van der Waals surface area (Å²) in [5, 5.41) is 2.26. The molecular weight excluding hydrogens is 388 g/mol. The topological polar surface area (TPSA) is 60.4 Å². The van der Waals surface area contributed by atoms with Crippen LogP contribution in [0.3, 0.4) is 0 Å². The standard InChI is InChI=1S/C27H16O4/c28-26-18-5-1-3-7-22(18)30-24-11-9-16(14-20(24)26)13-17-10-12-25-21(15-17)27(29)19-6-2-4-8-23(19)31-25/h1-12,14-15H,13H2. The van der Waals surface area contributed by atoms with Gasteiger partial charge in [-0.25, -0.2) is 0 Å². The molecule has 6 rings (SSSR count). The van der Waals surface area contributed by atoms with Crippen LogP contribution in [0.5, 0.6) is 0 Å². The summed E-state index contributed by atoms with van der Waals surface area (Å²) in [5.74, 6) is 0. The van der Waals surface area contributed by atoms with Gasteiger partial charge in [0.1, 0.15) is 22.3 Å². The third kappa shape index (κ3) is 2.84. The van der Waals surface area contributed by atoms with Crippen molar-refractivity contribution in [2.75, 3.05) is 0 Å². The van der Waals surface area contributed by atoms with Gasteiger partial charge in [0.2, 0.25) is 10.9 Å². The largest absolute Gasteiger partial charge is 0.456 e. The van der Waals surface area contributed by atoms with Crippen LogP contribution in [0, 0.1) is 0 Å². The highest BCUT2D eigenvalue weighted by molar-refractivity contribution is 5.91. The molecule has 0 fully saturated rings. The van der Waals surface area contributed by atoms with Crippen molar-refractivity contribution < 1.29 is 8.83 Å². The van der Waals surface area contributed by atoms with E-state index in [9.17, 15) is 9.59 Å². The second-order valence-corrected chi connectivity index (χ2v) is 7.69. The monoisotopic (exact) mass is 404 g/mol. The summed E-state index contributed by atoms with van der Waals surface area (Å²) in [6.45, 7) is 0. The Kier molecular flexibility index (Phi) is 3.80. The van der Waals surface area contributed by atoms with E-state index in [0.717, 1.165) is 11.1 Å². The molecule has 2 aromatic heterocycles. The van der Waals surface area contributed by atoms with Crippen molar-refractivity contribution in [3.63, 3.8) is 0 Å². The first kappa shape index (κ1) is 17.7. The quantitative estimate of drug-likeness (QED) is 0.342. The van der Waals surface area contributed by atoms with E-state index in [1.165, 1.54) is 0 Å². The summed E-state index contributed by atoms with van der Waals surface area (Å²) in [6, 6.07) is 25.8. The fourth-order valence-electron chi connectivity index (χ4n) is 4.16. The molecule has 0 amide bonds. The van der Waals surface area contributed by atoms with Crippen molar-refractivity contribution in [2.24, 2.45) is 0 Å². The van der Waals surface area contributed by atoms with E-state index in [1.807, 2.05) is 60.7 Å². The van der Waals surface area contributed by atoms with Gasteiger partial charge in [0.15, 0.2) is 0 Å². The second-order valence-electron chi connectivity index (χ2n) is 7.69. The number of benzene rings is 4. The Labute approximate surface area is 176 Å². The lowest BCUT2D eigenvalue weighted by Crippen LogP contribution is -2.04. The number of fused-ring (bicyclic) bond motifs is 4. The van der Waals surface area contributed by atoms with Gasteiger partial charge in [-0.1, -0.05) is 36.4 Å². The fraction of sp³-hybridized carbons (Fsp3) is 0.0370.